The zero-order chi connectivity index (χ0) is 16.4. The molecule has 0 aromatic heterocycles. The summed E-state index contributed by atoms with van der Waals surface area (Å²) in [6.07, 6.45) is 0.736. The van der Waals surface area contributed by atoms with E-state index in [1.807, 2.05) is 13.8 Å². The molecule has 0 spiro atoms. The minimum absolute atomic E-state index is 0.0190. The van der Waals surface area contributed by atoms with Gasteiger partial charge in [-0.15, -0.1) is 0 Å². The number of rotatable bonds is 4. The molecule has 0 aliphatic rings. The highest BCUT2D eigenvalue weighted by atomic mass is 35.5. The van der Waals surface area contributed by atoms with E-state index in [0.29, 0.717) is 0 Å². The molecule has 0 bridgehead atoms. The number of halogens is 1. The van der Waals surface area contributed by atoms with Gasteiger partial charge >= 0.3 is 5.69 Å². The largest absolute Gasteiger partial charge is 0.347 e. The number of nitro groups is 1. The Balaban J connectivity index is 3.06. The zero-order valence-electron chi connectivity index (χ0n) is 13.0. The number of nitrogens with one attached hydrogen (secondary N) is 1. The van der Waals surface area contributed by atoms with Gasteiger partial charge in [-0.05, 0) is 37.8 Å². The third-order valence-electron chi connectivity index (χ3n) is 2.84. The van der Waals surface area contributed by atoms with E-state index in [2.05, 4.69) is 26.1 Å². The van der Waals surface area contributed by atoms with Crippen LogP contribution in [0.2, 0.25) is 5.02 Å². The second-order valence-corrected chi connectivity index (χ2v) is 7.38. The predicted molar refractivity (Wildman–Crippen MR) is 83.7 cm³/mol. The van der Waals surface area contributed by atoms with Crippen LogP contribution < -0.4 is 5.32 Å². The fraction of sp³-hybridized carbons (Fsp3) is 0.533. The number of benzene rings is 1. The molecule has 0 aliphatic carbocycles. The van der Waals surface area contributed by atoms with Gasteiger partial charge in [-0.1, -0.05) is 38.4 Å². The number of amides is 1. The fourth-order valence-electron chi connectivity index (χ4n) is 2.63. The van der Waals surface area contributed by atoms with Gasteiger partial charge in [0, 0.05) is 5.54 Å². The van der Waals surface area contributed by atoms with E-state index in [1.165, 1.54) is 18.2 Å². The van der Waals surface area contributed by atoms with E-state index in [4.69, 9.17) is 11.6 Å². The molecule has 0 fully saturated rings. The topological polar surface area (TPSA) is 72.2 Å². The van der Waals surface area contributed by atoms with Gasteiger partial charge in [-0.3, -0.25) is 14.9 Å². The van der Waals surface area contributed by atoms with Crippen LogP contribution >= 0.6 is 11.6 Å². The quantitative estimate of drug-likeness (QED) is 0.669. The zero-order valence-corrected chi connectivity index (χ0v) is 13.7. The van der Waals surface area contributed by atoms with Crippen LogP contribution in [-0.2, 0) is 0 Å². The molecule has 0 atom stereocenters. The van der Waals surface area contributed by atoms with Gasteiger partial charge in [-0.25, -0.2) is 0 Å². The summed E-state index contributed by atoms with van der Waals surface area (Å²) in [6.45, 7) is 10.0. The van der Waals surface area contributed by atoms with Crippen LogP contribution in [0.15, 0.2) is 18.2 Å². The number of para-hydroxylation sites is 1. The van der Waals surface area contributed by atoms with Crippen molar-refractivity contribution in [3.8, 4) is 0 Å². The van der Waals surface area contributed by atoms with Gasteiger partial charge in [-0.2, -0.15) is 0 Å². The predicted octanol–water partition coefficient (Wildman–Crippen LogP) is 4.19. The average molecular weight is 313 g/mol. The molecule has 0 saturated carbocycles. The maximum Gasteiger partial charge on any atom is 0.300 e. The Kier molecular flexibility index (Phi) is 4.99. The molecule has 0 heterocycles. The van der Waals surface area contributed by atoms with Gasteiger partial charge in [0.25, 0.3) is 5.91 Å². The first-order chi connectivity index (χ1) is 9.43. The fourth-order valence-corrected chi connectivity index (χ4v) is 2.87. The minimum atomic E-state index is -0.631. The highest BCUT2D eigenvalue weighted by Gasteiger charge is 2.30. The Hall–Kier alpha value is -1.62. The Morgan fingerprint density at radius 2 is 1.86 bits per heavy atom. The molecule has 21 heavy (non-hydrogen) atoms. The van der Waals surface area contributed by atoms with Crippen molar-refractivity contribution in [2.24, 2.45) is 5.41 Å². The van der Waals surface area contributed by atoms with Gasteiger partial charge in [0.2, 0.25) is 0 Å². The SMILES string of the molecule is CC(C)(C)CC(C)(C)NC(=O)c1cccc(Cl)c1[N+](=O)[O-]. The summed E-state index contributed by atoms with van der Waals surface area (Å²) >= 11 is 5.82. The van der Waals surface area contributed by atoms with Crippen molar-refractivity contribution in [3.63, 3.8) is 0 Å². The molecule has 116 valence electrons. The van der Waals surface area contributed by atoms with Crippen molar-refractivity contribution in [2.75, 3.05) is 0 Å². The maximum absolute atomic E-state index is 12.3. The van der Waals surface area contributed by atoms with Crippen LogP contribution in [0.1, 0.15) is 51.4 Å². The standard InChI is InChI=1S/C15H21ClN2O3/c1-14(2,3)9-15(4,5)17-13(19)10-7-6-8-11(16)12(10)18(20)21/h6-8H,9H2,1-5H3,(H,17,19). The summed E-state index contributed by atoms with van der Waals surface area (Å²) in [5, 5.41) is 13.9. The number of nitrogens with zero attached hydrogens (tertiary/aromatic N) is 1. The van der Waals surface area contributed by atoms with Crippen LogP contribution in [0.25, 0.3) is 0 Å². The van der Waals surface area contributed by atoms with E-state index in [-0.39, 0.29) is 21.7 Å². The Labute approximate surface area is 129 Å². The third-order valence-corrected chi connectivity index (χ3v) is 3.14. The van der Waals surface area contributed by atoms with Crippen molar-refractivity contribution in [3.05, 3.63) is 38.9 Å². The highest BCUT2D eigenvalue weighted by molar-refractivity contribution is 6.33. The number of hydrogen-bond acceptors (Lipinski definition) is 3. The lowest BCUT2D eigenvalue weighted by atomic mass is 9.81. The Morgan fingerprint density at radius 1 is 1.29 bits per heavy atom. The molecule has 1 aromatic rings. The lowest BCUT2D eigenvalue weighted by molar-refractivity contribution is -0.385. The summed E-state index contributed by atoms with van der Waals surface area (Å²) in [7, 11) is 0. The smallest absolute Gasteiger partial charge is 0.300 e. The molecule has 0 unspecified atom stereocenters. The van der Waals surface area contributed by atoms with E-state index >= 15 is 0 Å². The Morgan fingerprint density at radius 3 is 2.33 bits per heavy atom. The van der Waals surface area contributed by atoms with Crippen LogP contribution in [0.3, 0.4) is 0 Å². The van der Waals surface area contributed by atoms with E-state index in [0.717, 1.165) is 6.42 Å². The molecule has 1 rings (SSSR count). The monoisotopic (exact) mass is 312 g/mol. The molecule has 1 aromatic carbocycles. The molecule has 1 N–H and O–H groups in total. The number of carbonyl (C=O) groups excluding carboxylic acids is 1. The highest BCUT2D eigenvalue weighted by Crippen LogP contribution is 2.30. The van der Waals surface area contributed by atoms with Crippen LogP contribution in [0.4, 0.5) is 5.69 Å². The minimum Gasteiger partial charge on any atom is -0.347 e. The lowest BCUT2D eigenvalue weighted by Gasteiger charge is -2.33. The van der Waals surface area contributed by atoms with E-state index in [1.54, 1.807) is 0 Å². The van der Waals surface area contributed by atoms with Crippen LogP contribution in [0.5, 0.6) is 0 Å². The van der Waals surface area contributed by atoms with Gasteiger partial charge < -0.3 is 5.32 Å². The van der Waals surface area contributed by atoms with Crippen molar-refractivity contribution >= 4 is 23.2 Å². The molecular formula is C15H21ClN2O3. The van der Waals surface area contributed by atoms with Crippen LogP contribution in [-0.4, -0.2) is 16.4 Å². The molecule has 1 amide bonds. The van der Waals surface area contributed by atoms with Gasteiger partial charge in [0.15, 0.2) is 0 Å². The Bertz CT molecular complexity index is 563. The molecule has 0 aliphatic heterocycles. The first kappa shape index (κ1) is 17.4. The van der Waals surface area contributed by atoms with Gasteiger partial charge in [0.1, 0.15) is 10.6 Å². The van der Waals surface area contributed by atoms with Crippen molar-refractivity contribution in [1.82, 2.24) is 5.32 Å². The molecular weight excluding hydrogens is 292 g/mol. The van der Waals surface area contributed by atoms with E-state index in [9.17, 15) is 14.9 Å². The maximum atomic E-state index is 12.3. The van der Waals surface area contributed by atoms with Crippen molar-refractivity contribution in [2.45, 2.75) is 46.6 Å². The average Bonchev–Trinajstić information content (AvgIpc) is 2.23. The lowest BCUT2D eigenvalue weighted by Crippen LogP contribution is -2.45. The van der Waals surface area contributed by atoms with Crippen molar-refractivity contribution in [1.29, 1.82) is 0 Å². The molecule has 0 radical (unpaired) electrons. The van der Waals surface area contributed by atoms with Crippen LogP contribution in [0, 0.1) is 15.5 Å². The van der Waals surface area contributed by atoms with Crippen molar-refractivity contribution < 1.29 is 9.72 Å². The summed E-state index contributed by atoms with van der Waals surface area (Å²) in [4.78, 5) is 22.8. The second kappa shape index (κ2) is 6.02. The number of carbonyl (C=O) groups is 1. The van der Waals surface area contributed by atoms with Gasteiger partial charge in [0.05, 0.1) is 4.92 Å². The summed E-state index contributed by atoms with van der Waals surface area (Å²) in [5.74, 6) is -0.488. The first-order valence-corrected chi connectivity index (χ1v) is 7.06. The summed E-state index contributed by atoms with van der Waals surface area (Å²) in [6, 6.07) is 4.34. The summed E-state index contributed by atoms with van der Waals surface area (Å²) in [5.41, 5.74) is -0.833. The second-order valence-electron chi connectivity index (χ2n) is 6.97. The third kappa shape index (κ3) is 5.01. The normalized spacial score (nSPS) is 12.1. The van der Waals surface area contributed by atoms with E-state index < -0.39 is 16.4 Å². The first-order valence-electron chi connectivity index (χ1n) is 6.68. The number of nitro benzene ring substituents is 1. The summed E-state index contributed by atoms with van der Waals surface area (Å²) < 4.78 is 0. The molecule has 0 saturated heterocycles. The molecule has 5 nitrogen and oxygen atoms in total. The number of hydrogen-bond donors (Lipinski definition) is 1. The molecule has 6 heteroatoms.